The summed E-state index contributed by atoms with van der Waals surface area (Å²) in [5.41, 5.74) is 1.59. The number of aromatic nitrogens is 2. The SMILES string of the molecule is COC(=O)CNC(=O)C[C@H](C)NC(=O)c1cc(-c2c(OC)cccc2OC)n(CC(C)C)n1. The third-order valence-corrected chi connectivity index (χ3v) is 4.76. The number of amides is 2. The van der Waals surface area contributed by atoms with E-state index >= 15 is 0 Å². The van der Waals surface area contributed by atoms with Gasteiger partial charge in [0.1, 0.15) is 18.0 Å². The molecule has 0 fully saturated rings. The van der Waals surface area contributed by atoms with Crippen LogP contribution in [0.15, 0.2) is 24.3 Å². The fourth-order valence-electron chi connectivity index (χ4n) is 3.26. The molecule has 0 radical (unpaired) electrons. The number of carbonyl (C=O) groups excluding carboxylic acids is 3. The zero-order chi connectivity index (χ0) is 24.5. The smallest absolute Gasteiger partial charge is 0.325 e. The van der Waals surface area contributed by atoms with Crippen molar-refractivity contribution in [3.63, 3.8) is 0 Å². The Bertz CT molecular complexity index is 963. The van der Waals surface area contributed by atoms with Gasteiger partial charge in [0.05, 0.1) is 32.6 Å². The van der Waals surface area contributed by atoms with E-state index in [9.17, 15) is 14.4 Å². The number of carbonyl (C=O) groups is 3. The lowest BCUT2D eigenvalue weighted by molar-refractivity contribution is -0.141. The van der Waals surface area contributed by atoms with Crippen LogP contribution in [0.4, 0.5) is 0 Å². The number of hydrogen-bond donors (Lipinski definition) is 2. The number of benzene rings is 1. The van der Waals surface area contributed by atoms with Crippen molar-refractivity contribution in [2.75, 3.05) is 27.9 Å². The van der Waals surface area contributed by atoms with Gasteiger partial charge in [-0.05, 0) is 31.0 Å². The van der Waals surface area contributed by atoms with Crippen molar-refractivity contribution >= 4 is 17.8 Å². The molecule has 0 spiro atoms. The van der Waals surface area contributed by atoms with E-state index in [-0.39, 0.29) is 30.5 Å². The lowest BCUT2D eigenvalue weighted by Crippen LogP contribution is -2.39. The molecule has 1 aromatic carbocycles. The molecule has 180 valence electrons. The maximum atomic E-state index is 12.9. The van der Waals surface area contributed by atoms with Crippen LogP contribution in [0.1, 0.15) is 37.7 Å². The van der Waals surface area contributed by atoms with E-state index in [1.165, 1.54) is 7.11 Å². The number of nitrogens with zero attached hydrogens (tertiary/aromatic N) is 2. The van der Waals surface area contributed by atoms with Crippen LogP contribution in [0.25, 0.3) is 11.3 Å². The Hall–Kier alpha value is -3.56. The number of methoxy groups -OCH3 is 3. The number of esters is 1. The monoisotopic (exact) mass is 460 g/mol. The minimum atomic E-state index is -0.546. The van der Waals surface area contributed by atoms with Crippen molar-refractivity contribution in [2.45, 2.75) is 39.8 Å². The number of hydrogen-bond acceptors (Lipinski definition) is 7. The highest BCUT2D eigenvalue weighted by molar-refractivity contribution is 5.94. The zero-order valence-electron chi connectivity index (χ0n) is 19.9. The van der Waals surface area contributed by atoms with Crippen molar-refractivity contribution in [2.24, 2.45) is 5.92 Å². The third-order valence-electron chi connectivity index (χ3n) is 4.76. The molecule has 2 rings (SSSR count). The van der Waals surface area contributed by atoms with Gasteiger partial charge in [-0.15, -0.1) is 0 Å². The lowest BCUT2D eigenvalue weighted by Gasteiger charge is -2.15. The second-order valence-corrected chi connectivity index (χ2v) is 7.96. The van der Waals surface area contributed by atoms with Gasteiger partial charge in [-0.1, -0.05) is 19.9 Å². The maximum Gasteiger partial charge on any atom is 0.325 e. The quantitative estimate of drug-likeness (QED) is 0.492. The molecule has 1 aromatic heterocycles. The topological polar surface area (TPSA) is 121 Å². The number of rotatable bonds is 11. The minimum Gasteiger partial charge on any atom is -0.496 e. The molecule has 10 nitrogen and oxygen atoms in total. The largest absolute Gasteiger partial charge is 0.496 e. The van der Waals surface area contributed by atoms with Gasteiger partial charge in [0.25, 0.3) is 5.91 Å². The molecule has 0 bridgehead atoms. The molecule has 0 aliphatic carbocycles. The van der Waals surface area contributed by atoms with E-state index in [1.807, 2.05) is 18.2 Å². The van der Waals surface area contributed by atoms with Crippen molar-refractivity contribution in [3.8, 4) is 22.8 Å². The van der Waals surface area contributed by atoms with Crippen LogP contribution < -0.4 is 20.1 Å². The molecular formula is C23H32N4O6. The Balaban J connectivity index is 2.25. The predicted octanol–water partition coefficient (Wildman–Crippen LogP) is 2.02. The minimum absolute atomic E-state index is 0.00260. The molecule has 0 unspecified atom stereocenters. The molecule has 10 heteroatoms. The van der Waals surface area contributed by atoms with Crippen LogP contribution in [0.5, 0.6) is 11.5 Å². The summed E-state index contributed by atoms with van der Waals surface area (Å²) in [4.78, 5) is 36.0. The van der Waals surface area contributed by atoms with Gasteiger partial charge in [-0.25, -0.2) is 0 Å². The van der Waals surface area contributed by atoms with Crippen LogP contribution in [0.3, 0.4) is 0 Å². The summed E-state index contributed by atoms with van der Waals surface area (Å²) >= 11 is 0. The first kappa shape index (κ1) is 25.7. The molecule has 0 aliphatic rings. The molecule has 2 aromatic rings. The van der Waals surface area contributed by atoms with Gasteiger partial charge in [0, 0.05) is 19.0 Å². The molecule has 0 aliphatic heterocycles. The van der Waals surface area contributed by atoms with Crippen molar-refractivity contribution < 1.29 is 28.6 Å². The van der Waals surface area contributed by atoms with E-state index in [0.29, 0.717) is 29.3 Å². The summed E-state index contributed by atoms with van der Waals surface area (Å²) < 4.78 is 17.3. The normalized spacial score (nSPS) is 11.6. The van der Waals surface area contributed by atoms with Gasteiger partial charge in [-0.3, -0.25) is 19.1 Å². The van der Waals surface area contributed by atoms with Crippen LogP contribution in [-0.4, -0.2) is 61.5 Å². The second-order valence-electron chi connectivity index (χ2n) is 7.96. The van der Waals surface area contributed by atoms with E-state index in [1.54, 1.807) is 31.9 Å². The Labute approximate surface area is 193 Å². The van der Waals surface area contributed by atoms with Gasteiger partial charge in [-0.2, -0.15) is 5.10 Å². The van der Waals surface area contributed by atoms with Crippen LogP contribution in [-0.2, 0) is 20.9 Å². The van der Waals surface area contributed by atoms with Crippen molar-refractivity contribution in [1.29, 1.82) is 0 Å². The molecule has 2 amide bonds. The standard InChI is InChI=1S/C23H32N4O6/c1-14(2)13-27-17(22-18(31-4)8-7-9-19(22)32-5)11-16(26-27)23(30)25-15(3)10-20(28)24-12-21(29)33-6/h7-9,11,14-15H,10,12-13H2,1-6H3,(H,24,28)(H,25,30)/t15-/m0/s1. The first-order chi connectivity index (χ1) is 15.7. The average molecular weight is 461 g/mol. The highest BCUT2D eigenvalue weighted by Crippen LogP contribution is 2.38. The van der Waals surface area contributed by atoms with Crippen LogP contribution in [0.2, 0.25) is 0 Å². The number of nitrogens with one attached hydrogen (secondary N) is 2. The third kappa shape index (κ3) is 6.96. The van der Waals surface area contributed by atoms with Gasteiger partial charge < -0.3 is 24.8 Å². The number of ether oxygens (including phenoxy) is 3. The summed E-state index contributed by atoms with van der Waals surface area (Å²) in [7, 11) is 4.38. The van der Waals surface area contributed by atoms with Gasteiger partial charge in [0.15, 0.2) is 5.69 Å². The Morgan fingerprint density at radius 1 is 1.06 bits per heavy atom. The van der Waals surface area contributed by atoms with Gasteiger partial charge in [0.2, 0.25) is 5.91 Å². The predicted molar refractivity (Wildman–Crippen MR) is 122 cm³/mol. The Kier molecular flexibility index (Phi) is 9.26. The molecule has 2 N–H and O–H groups in total. The zero-order valence-corrected chi connectivity index (χ0v) is 19.9. The van der Waals surface area contributed by atoms with E-state index < -0.39 is 17.9 Å². The average Bonchev–Trinajstić information content (AvgIpc) is 3.19. The Morgan fingerprint density at radius 2 is 1.70 bits per heavy atom. The van der Waals surface area contributed by atoms with Crippen LogP contribution in [0, 0.1) is 5.92 Å². The molecule has 0 saturated heterocycles. The highest BCUT2D eigenvalue weighted by Gasteiger charge is 2.23. The summed E-state index contributed by atoms with van der Waals surface area (Å²) in [5.74, 6) is 0.135. The van der Waals surface area contributed by atoms with Crippen molar-refractivity contribution in [3.05, 3.63) is 30.0 Å². The highest BCUT2D eigenvalue weighted by atomic mass is 16.5. The maximum absolute atomic E-state index is 12.9. The summed E-state index contributed by atoms with van der Waals surface area (Å²) in [5, 5.41) is 9.74. The van der Waals surface area contributed by atoms with Crippen LogP contribution >= 0.6 is 0 Å². The molecular weight excluding hydrogens is 428 g/mol. The van der Waals surface area contributed by atoms with E-state index in [4.69, 9.17) is 9.47 Å². The van der Waals surface area contributed by atoms with E-state index in [0.717, 1.165) is 0 Å². The fourth-order valence-corrected chi connectivity index (χ4v) is 3.26. The van der Waals surface area contributed by atoms with Crippen molar-refractivity contribution in [1.82, 2.24) is 20.4 Å². The molecule has 33 heavy (non-hydrogen) atoms. The summed E-state index contributed by atoms with van der Waals surface area (Å²) in [6.07, 6.45) is 0.00260. The summed E-state index contributed by atoms with van der Waals surface area (Å²) in [6.45, 7) is 6.17. The molecule has 1 heterocycles. The first-order valence-corrected chi connectivity index (χ1v) is 10.6. The summed E-state index contributed by atoms with van der Waals surface area (Å²) in [6, 6.07) is 6.67. The second kappa shape index (κ2) is 11.9. The Morgan fingerprint density at radius 3 is 2.24 bits per heavy atom. The van der Waals surface area contributed by atoms with E-state index in [2.05, 4.69) is 34.3 Å². The molecule has 1 atom stereocenters. The van der Waals surface area contributed by atoms with Gasteiger partial charge >= 0.3 is 5.97 Å². The lowest BCUT2D eigenvalue weighted by atomic mass is 10.1. The molecule has 0 saturated carbocycles. The first-order valence-electron chi connectivity index (χ1n) is 10.6. The fraction of sp³-hybridized carbons (Fsp3) is 0.478.